The van der Waals surface area contributed by atoms with E-state index in [9.17, 15) is 4.21 Å². The summed E-state index contributed by atoms with van der Waals surface area (Å²) in [5.41, 5.74) is 1.22. The van der Waals surface area contributed by atoms with Gasteiger partial charge in [-0.05, 0) is 26.3 Å². The molecule has 0 spiro atoms. The minimum absolute atomic E-state index is 0.190. The van der Waals surface area contributed by atoms with Crippen LogP contribution in [-0.4, -0.2) is 8.96 Å². The highest BCUT2D eigenvalue weighted by atomic mass is 32.2. The summed E-state index contributed by atoms with van der Waals surface area (Å²) in [6, 6.07) is 10.1. The van der Waals surface area contributed by atoms with Crippen LogP contribution < -0.4 is 5.32 Å². The Balaban J connectivity index is 2.37. The summed E-state index contributed by atoms with van der Waals surface area (Å²) < 4.78 is 11.5. The lowest BCUT2D eigenvalue weighted by Crippen LogP contribution is -2.20. The van der Waals surface area contributed by atoms with Crippen LogP contribution in [0, 0.1) is 0 Å². The second kappa shape index (κ2) is 5.85. The third-order valence-corrected chi connectivity index (χ3v) is 3.65. The molecule has 0 aliphatic carbocycles. The largest absolute Gasteiger partial charge is 0.386 e. The Kier molecular flexibility index (Phi) is 4.74. The van der Waals surface area contributed by atoms with E-state index in [-0.39, 0.29) is 4.75 Å². The highest BCUT2D eigenvalue weighted by molar-refractivity contribution is 7.89. The van der Waals surface area contributed by atoms with Crippen molar-refractivity contribution in [3.05, 3.63) is 47.5 Å². The van der Waals surface area contributed by atoms with Crippen LogP contribution >= 0.6 is 0 Å². The lowest BCUT2D eigenvalue weighted by molar-refractivity contribution is 0.656. The van der Waals surface area contributed by atoms with E-state index in [2.05, 4.69) is 17.4 Å². The predicted octanol–water partition coefficient (Wildman–Crippen LogP) is 2.79. The van der Waals surface area contributed by atoms with Crippen LogP contribution in [0.2, 0.25) is 0 Å². The average Bonchev–Trinajstić information content (AvgIpc) is 2.24. The van der Waals surface area contributed by atoms with Crippen molar-refractivity contribution < 1.29 is 4.21 Å². The fraction of sp³-hybridized carbons (Fsp3) is 0.385. The molecule has 16 heavy (non-hydrogen) atoms. The summed E-state index contributed by atoms with van der Waals surface area (Å²) >= 11 is 0. The molecule has 1 atom stereocenters. The van der Waals surface area contributed by atoms with E-state index in [4.69, 9.17) is 0 Å². The molecule has 0 saturated heterocycles. The van der Waals surface area contributed by atoms with E-state index >= 15 is 0 Å². The number of nitrogens with one attached hydrogen (secondary N) is 1. The van der Waals surface area contributed by atoms with Crippen molar-refractivity contribution in [1.82, 2.24) is 5.32 Å². The molecular formula is C13H19NOS. The van der Waals surface area contributed by atoms with Gasteiger partial charge in [0.25, 0.3) is 0 Å². The van der Waals surface area contributed by atoms with Crippen LogP contribution in [0.25, 0.3) is 0 Å². The standard InChI is InChI=1S/C13H19NOS/c1-13(2,3)16(15)10-9-14-11-12-7-5-4-6-8-12/h4-10,14H,11H2,1-3H3/b10-9+. The molecule has 88 valence electrons. The molecule has 2 nitrogen and oxygen atoms in total. The van der Waals surface area contributed by atoms with E-state index in [0.29, 0.717) is 0 Å². The van der Waals surface area contributed by atoms with Gasteiger partial charge in [-0.25, -0.2) is 0 Å². The zero-order valence-corrected chi connectivity index (χ0v) is 10.9. The fourth-order valence-electron chi connectivity index (χ4n) is 1.09. The van der Waals surface area contributed by atoms with Crippen molar-refractivity contribution in [2.24, 2.45) is 0 Å². The van der Waals surface area contributed by atoms with E-state index in [1.54, 1.807) is 11.6 Å². The molecule has 0 radical (unpaired) electrons. The van der Waals surface area contributed by atoms with E-state index < -0.39 is 10.8 Å². The molecule has 3 heteroatoms. The van der Waals surface area contributed by atoms with Crippen LogP contribution in [0.15, 0.2) is 41.9 Å². The molecule has 0 amide bonds. The van der Waals surface area contributed by atoms with E-state index in [1.165, 1.54) is 5.56 Å². The Morgan fingerprint density at radius 3 is 2.44 bits per heavy atom. The van der Waals surface area contributed by atoms with Gasteiger partial charge in [0.15, 0.2) is 0 Å². The van der Waals surface area contributed by atoms with Crippen molar-refractivity contribution in [3.63, 3.8) is 0 Å². The first kappa shape index (κ1) is 13.0. The van der Waals surface area contributed by atoms with Gasteiger partial charge in [-0.15, -0.1) is 0 Å². The second-order valence-corrected chi connectivity index (χ2v) is 6.67. The lowest BCUT2D eigenvalue weighted by Gasteiger charge is -2.14. The average molecular weight is 237 g/mol. The fourth-order valence-corrected chi connectivity index (χ4v) is 1.71. The summed E-state index contributed by atoms with van der Waals surface area (Å²) in [7, 11) is -0.938. The maximum Gasteiger partial charge on any atom is 0.0524 e. The molecule has 0 aliphatic rings. The topological polar surface area (TPSA) is 29.1 Å². The van der Waals surface area contributed by atoms with E-state index in [1.807, 2.05) is 39.0 Å². The number of rotatable bonds is 4. The van der Waals surface area contributed by atoms with Crippen LogP contribution in [0.1, 0.15) is 26.3 Å². The molecular weight excluding hydrogens is 218 g/mol. The Bertz CT molecular complexity index is 365. The Morgan fingerprint density at radius 1 is 1.25 bits per heavy atom. The lowest BCUT2D eigenvalue weighted by atomic mass is 10.2. The van der Waals surface area contributed by atoms with Gasteiger partial charge in [0.2, 0.25) is 0 Å². The van der Waals surface area contributed by atoms with Crippen LogP contribution in [-0.2, 0) is 17.3 Å². The molecule has 0 heterocycles. The molecule has 0 bridgehead atoms. The van der Waals surface area contributed by atoms with Gasteiger partial charge in [0, 0.05) is 22.9 Å². The van der Waals surface area contributed by atoms with Crippen molar-refractivity contribution in [2.45, 2.75) is 32.1 Å². The Labute approximate surface area is 100 Å². The zero-order valence-electron chi connectivity index (χ0n) is 10.1. The molecule has 0 saturated carbocycles. The van der Waals surface area contributed by atoms with Crippen LogP contribution in [0.3, 0.4) is 0 Å². The Hall–Kier alpha value is -1.09. The first-order valence-corrected chi connectivity index (χ1v) is 6.56. The molecule has 1 aromatic rings. The third kappa shape index (κ3) is 4.62. The molecule has 1 N–H and O–H groups in total. The van der Waals surface area contributed by atoms with E-state index in [0.717, 1.165) is 6.54 Å². The SMILES string of the molecule is CC(C)(C)S(=O)/C=C/NCc1ccccc1. The van der Waals surface area contributed by atoms with Crippen molar-refractivity contribution in [2.75, 3.05) is 0 Å². The molecule has 0 aromatic heterocycles. The molecule has 1 aromatic carbocycles. The summed E-state index contributed by atoms with van der Waals surface area (Å²) in [6.07, 6.45) is 1.77. The van der Waals surface area contributed by atoms with Gasteiger partial charge < -0.3 is 5.32 Å². The summed E-state index contributed by atoms with van der Waals surface area (Å²) in [5, 5.41) is 4.84. The van der Waals surface area contributed by atoms with Crippen molar-refractivity contribution in [3.8, 4) is 0 Å². The van der Waals surface area contributed by atoms with Gasteiger partial charge in [-0.3, -0.25) is 4.21 Å². The number of hydrogen-bond acceptors (Lipinski definition) is 2. The van der Waals surface area contributed by atoms with Gasteiger partial charge in [-0.2, -0.15) is 0 Å². The predicted molar refractivity (Wildman–Crippen MR) is 70.3 cm³/mol. The smallest absolute Gasteiger partial charge is 0.0524 e. The maximum absolute atomic E-state index is 11.7. The Morgan fingerprint density at radius 2 is 1.88 bits per heavy atom. The minimum Gasteiger partial charge on any atom is -0.386 e. The zero-order chi connectivity index (χ0) is 12.0. The number of benzene rings is 1. The number of hydrogen-bond donors (Lipinski definition) is 1. The maximum atomic E-state index is 11.7. The third-order valence-electron chi connectivity index (χ3n) is 2.06. The van der Waals surface area contributed by atoms with Crippen molar-refractivity contribution in [1.29, 1.82) is 0 Å². The van der Waals surface area contributed by atoms with Crippen LogP contribution in [0.5, 0.6) is 0 Å². The highest BCUT2D eigenvalue weighted by Gasteiger charge is 2.16. The molecule has 1 unspecified atom stereocenters. The first-order chi connectivity index (χ1) is 7.50. The van der Waals surface area contributed by atoms with Gasteiger partial charge >= 0.3 is 0 Å². The molecule has 0 fully saturated rings. The van der Waals surface area contributed by atoms with Gasteiger partial charge in [0.1, 0.15) is 0 Å². The monoisotopic (exact) mass is 237 g/mol. The first-order valence-electron chi connectivity index (χ1n) is 5.35. The quantitative estimate of drug-likeness (QED) is 0.872. The molecule has 1 rings (SSSR count). The highest BCUT2D eigenvalue weighted by Crippen LogP contribution is 2.11. The van der Waals surface area contributed by atoms with Gasteiger partial charge in [0.05, 0.1) is 10.8 Å². The summed E-state index contributed by atoms with van der Waals surface area (Å²) in [4.78, 5) is 0. The molecule has 0 aliphatic heterocycles. The summed E-state index contributed by atoms with van der Waals surface area (Å²) in [5.74, 6) is 0. The normalized spacial score (nSPS) is 13.9. The van der Waals surface area contributed by atoms with Crippen LogP contribution in [0.4, 0.5) is 0 Å². The van der Waals surface area contributed by atoms with Gasteiger partial charge in [-0.1, -0.05) is 30.3 Å². The van der Waals surface area contributed by atoms with Crippen molar-refractivity contribution >= 4 is 10.8 Å². The minimum atomic E-state index is -0.938. The summed E-state index contributed by atoms with van der Waals surface area (Å²) in [6.45, 7) is 6.65. The second-order valence-electron chi connectivity index (χ2n) is 4.58.